The van der Waals surface area contributed by atoms with Crippen molar-refractivity contribution in [2.45, 2.75) is 32.7 Å². The van der Waals surface area contributed by atoms with Crippen LogP contribution in [0.2, 0.25) is 0 Å². The van der Waals surface area contributed by atoms with E-state index in [1.54, 1.807) is 0 Å². The maximum Gasteiger partial charge on any atom is 0.234 e. The van der Waals surface area contributed by atoms with Crippen LogP contribution in [0, 0.1) is 18.3 Å². The van der Waals surface area contributed by atoms with Gasteiger partial charge in [-0.2, -0.15) is 0 Å². The molecule has 1 fully saturated rings. The molecule has 0 unspecified atom stereocenters. The van der Waals surface area contributed by atoms with Crippen molar-refractivity contribution in [1.29, 1.82) is 0 Å². The summed E-state index contributed by atoms with van der Waals surface area (Å²) in [7, 11) is 0. The van der Waals surface area contributed by atoms with E-state index in [9.17, 15) is 4.79 Å². The van der Waals surface area contributed by atoms with Gasteiger partial charge in [0, 0.05) is 12.6 Å². The first kappa shape index (κ1) is 12.1. The lowest BCUT2D eigenvalue weighted by molar-refractivity contribution is -0.122. The molecule has 3 nitrogen and oxygen atoms in total. The Kier molecular flexibility index (Phi) is 4.64. The fourth-order valence-corrected chi connectivity index (χ4v) is 1.48. The molecule has 1 rings (SSSR count). The van der Waals surface area contributed by atoms with Crippen LogP contribution in [0.3, 0.4) is 0 Å². The van der Waals surface area contributed by atoms with Gasteiger partial charge in [0.05, 0.1) is 13.1 Å². The number of nitrogens with zero attached hydrogens (tertiary/aromatic N) is 1. The molecule has 0 aliphatic heterocycles. The summed E-state index contributed by atoms with van der Waals surface area (Å²) in [5.41, 5.74) is 0. The number of terminal acetylenes is 1. The molecule has 0 saturated heterocycles. The quantitative estimate of drug-likeness (QED) is 0.657. The third kappa shape index (κ3) is 4.85. The van der Waals surface area contributed by atoms with E-state index in [-0.39, 0.29) is 5.91 Å². The Labute approximate surface area is 92.2 Å². The SMILES string of the molecule is C#CCNC(=O)CN(CC1CC1)C(C)C. The number of hydrogen-bond donors (Lipinski definition) is 1. The van der Waals surface area contributed by atoms with Crippen LogP contribution < -0.4 is 5.32 Å². The van der Waals surface area contributed by atoms with Crippen molar-refractivity contribution in [1.82, 2.24) is 10.2 Å². The number of amides is 1. The Morgan fingerprint density at radius 2 is 2.27 bits per heavy atom. The van der Waals surface area contributed by atoms with Crippen LogP contribution in [0.1, 0.15) is 26.7 Å². The van der Waals surface area contributed by atoms with Crippen LogP contribution in [-0.4, -0.2) is 36.5 Å². The molecule has 1 saturated carbocycles. The molecule has 0 spiro atoms. The van der Waals surface area contributed by atoms with Crippen molar-refractivity contribution in [3.63, 3.8) is 0 Å². The second-order valence-electron chi connectivity index (χ2n) is 4.45. The van der Waals surface area contributed by atoms with Gasteiger partial charge in [-0.15, -0.1) is 6.42 Å². The van der Waals surface area contributed by atoms with Crippen LogP contribution in [0.4, 0.5) is 0 Å². The molecule has 0 aromatic rings. The molecule has 1 amide bonds. The smallest absolute Gasteiger partial charge is 0.234 e. The van der Waals surface area contributed by atoms with E-state index in [1.807, 2.05) is 0 Å². The Bertz CT molecular complexity index is 251. The summed E-state index contributed by atoms with van der Waals surface area (Å²) < 4.78 is 0. The third-order valence-electron chi connectivity index (χ3n) is 2.65. The van der Waals surface area contributed by atoms with Gasteiger partial charge < -0.3 is 5.32 Å². The van der Waals surface area contributed by atoms with Crippen molar-refractivity contribution in [3.8, 4) is 12.3 Å². The van der Waals surface area contributed by atoms with Gasteiger partial charge in [0.15, 0.2) is 0 Å². The number of carbonyl (C=O) groups is 1. The van der Waals surface area contributed by atoms with Gasteiger partial charge in [-0.3, -0.25) is 9.69 Å². The molecule has 3 heteroatoms. The minimum atomic E-state index is 0.0299. The van der Waals surface area contributed by atoms with Crippen molar-refractivity contribution >= 4 is 5.91 Å². The summed E-state index contributed by atoms with van der Waals surface area (Å²) in [4.78, 5) is 13.7. The molecule has 0 aromatic heterocycles. The summed E-state index contributed by atoms with van der Waals surface area (Å²) in [6.45, 7) is 6.08. The first-order valence-electron chi connectivity index (χ1n) is 5.57. The van der Waals surface area contributed by atoms with Gasteiger partial charge >= 0.3 is 0 Å². The third-order valence-corrected chi connectivity index (χ3v) is 2.65. The van der Waals surface area contributed by atoms with Gasteiger partial charge in [-0.1, -0.05) is 5.92 Å². The number of hydrogen-bond acceptors (Lipinski definition) is 2. The minimum absolute atomic E-state index is 0.0299. The van der Waals surface area contributed by atoms with Crippen LogP contribution in [0.15, 0.2) is 0 Å². The highest BCUT2D eigenvalue weighted by molar-refractivity contribution is 5.78. The Morgan fingerprint density at radius 1 is 1.60 bits per heavy atom. The zero-order chi connectivity index (χ0) is 11.3. The average Bonchev–Trinajstić information content (AvgIpc) is 2.97. The van der Waals surface area contributed by atoms with E-state index in [4.69, 9.17) is 6.42 Å². The summed E-state index contributed by atoms with van der Waals surface area (Å²) in [6.07, 6.45) is 7.71. The fraction of sp³-hybridized carbons (Fsp3) is 0.750. The van der Waals surface area contributed by atoms with Crippen molar-refractivity contribution < 1.29 is 4.79 Å². The molecule has 0 aromatic carbocycles. The first-order valence-corrected chi connectivity index (χ1v) is 5.57. The van der Waals surface area contributed by atoms with E-state index < -0.39 is 0 Å². The van der Waals surface area contributed by atoms with Crippen LogP contribution in [0.25, 0.3) is 0 Å². The van der Waals surface area contributed by atoms with E-state index in [1.165, 1.54) is 12.8 Å². The summed E-state index contributed by atoms with van der Waals surface area (Å²) in [5, 5.41) is 2.69. The summed E-state index contributed by atoms with van der Waals surface area (Å²) >= 11 is 0. The largest absolute Gasteiger partial charge is 0.344 e. The molecular weight excluding hydrogens is 188 g/mol. The Hall–Kier alpha value is -1.01. The van der Waals surface area contributed by atoms with Crippen LogP contribution in [-0.2, 0) is 4.79 Å². The Balaban J connectivity index is 2.29. The molecule has 0 heterocycles. The van der Waals surface area contributed by atoms with Gasteiger partial charge in [-0.05, 0) is 32.6 Å². The molecule has 0 radical (unpaired) electrons. The van der Waals surface area contributed by atoms with E-state index >= 15 is 0 Å². The van der Waals surface area contributed by atoms with Gasteiger partial charge in [0.25, 0.3) is 0 Å². The normalized spacial score (nSPS) is 15.4. The number of rotatable bonds is 6. The first-order chi connectivity index (χ1) is 7.13. The Morgan fingerprint density at radius 3 is 2.73 bits per heavy atom. The number of nitrogens with one attached hydrogen (secondary N) is 1. The highest BCUT2D eigenvalue weighted by Gasteiger charge is 2.26. The van der Waals surface area contributed by atoms with Gasteiger partial charge in [0.2, 0.25) is 5.91 Å². The van der Waals surface area contributed by atoms with Crippen molar-refractivity contribution in [2.75, 3.05) is 19.6 Å². The zero-order valence-corrected chi connectivity index (χ0v) is 9.62. The molecule has 1 N–H and O–H groups in total. The second-order valence-corrected chi connectivity index (χ2v) is 4.45. The lowest BCUT2D eigenvalue weighted by atomic mass is 10.2. The van der Waals surface area contributed by atoms with Gasteiger partial charge in [-0.25, -0.2) is 0 Å². The monoisotopic (exact) mass is 208 g/mol. The van der Waals surface area contributed by atoms with Crippen molar-refractivity contribution in [3.05, 3.63) is 0 Å². The summed E-state index contributed by atoms with van der Waals surface area (Å²) in [5.74, 6) is 3.25. The fourth-order valence-electron chi connectivity index (χ4n) is 1.48. The second kappa shape index (κ2) is 5.77. The maximum absolute atomic E-state index is 11.5. The lowest BCUT2D eigenvalue weighted by Crippen LogP contribution is -2.41. The molecule has 1 aliphatic carbocycles. The molecule has 1 aliphatic rings. The number of carbonyl (C=O) groups excluding carboxylic acids is 1. The minimum Gasteiger partial charge on any atom is -0.344 e. The molecule has 84 valence electrons. The zero-order valence-electron chi connectivity index (χ0n) is 9.62. The van der Waals surface area contributed by atoms with Crippen molar-refractivity contribution in [2.24, 2.45) is 5.92 Å². The standard InChI is InChI=1S/C12H20N2O/c1-4-7-13-12(15)9-14(10(2)3)8-11-5-6-11/h1,10-11H,5-9H2,2-3H3,(H,13,15). The molecular formula is C12H20N2O. The lowest BCUT2D eigenvalue weighted by Gasteiger charge is -2.25. The van der Waals surface area contributed by atoms with E-state index in [0.29, 0.717) is 19.1 Å². The highest BCUT2D eigenvalue weighted by atomic mass is 16.2. The van der Waals surface area contributed by atoms with Crippen LogP contribution >= 0.6 is 0 Å². The topological polar surface area (TPSA) is 32.3 Å². The predicted octanol–water partition coefficient (Wildman–Crippen LogP) is 0.856. The predicted molar refractivity (Wildman–Crippen MR) is 61.3 cm³/mol. The molecule has 0 atom stereocenters. The molecule has 0 bridgehead atoms. The summed E-state index contributed by atoms with van der Waals surface area (Å²) in [6, 6.07) is 0.419. The van der Waals surface area contributed by atoms with Crippen LogP contribution in [0.5, 0.6) is 0 Å². The van der Waals surface area contributed by atoms with Gasteiger partial charge in [0.1, 0.15) is 0 Å². The maximum atomic E-state index is 11.5. The molecule has 15 heavy (non-hydrogen) atoms. The average molecular weight is 208 g/mol. The highest BCUT2D eigenvalue weighted by Crippen LogP contribution is 2.30. The van der Waals surface area contributed by atoms with E-state index in [0.717, 1.165) is 12.5 Å². The van der Waals surface area contributed by atoms with E-state index in [2.05, 4.69) is 30.0 Å².